The molecule has 180 valence electrons. The SMILES string of the molecule is CCCCC1CCC(c2ccc(-c3ccc(C(F)(F)Oc4cc(F)c(C)c(F)c4)cc3)cc2)O1. The Balaban J connectivity index is 1.43. The largest absolute Gasteiger partial charge is 0.429 e. The molecule has 2 unspecified atom stereocenters. The van der Waals surface area contributed by atoms with Crippen LogP contribution >= 0.6 is 0 Å². The van der Waals surface area contributed by atoms with E-state index in [-0.39, 0.29) is 11.7 Å². The smallest absolute Gasteiger partial charge is 0.426 e. The second-order valence-corrected chi connectivity index (χ2v) is 8.80. The lowest BCUT2D eigenvalue weighted by Crippen LogP contribution is -2.22. The summed E-state index contributed by atoms with van der Waals surface area (Å²) in [6.07, 6.45) is 2.20. The van der Waals surface area contributed by atoms with Gasteiger partial charge in [-0.15, -0.1) is 0 Å². The van der Waals surface area contributed by atoms with E-state index in [1.807, 2.05) is 24.3 Å². The lowest BCUT2D eigenvalue weighted by Gasteiger charge is -2.19. The zero-order chi connectivity index (χ0) is 24.3. The third-order valence-corrected chi connectivity index (χ3v) is 6.32. The van der Waals surface area contributed by atoms with Crippen molar-refractivity contribution in [2.24, 2.45) is 0 Å². The molecule has 3 aromatic rings. The van der Waals surface area contributed by atoms with Crippen LogP contribution in [-0.4, -0.2) is 6.10 Å². The molecule has 0 radical (unpaired) electrons. The normalized spacial score (nSPS) is 18.3. The molecule has 0 spiro atoms. The fourth-order valence-corrected chi connectivity index (χ4v) is 4.23. The molecule has 1 heterocycles. The number of benzene rings is 3. The van der Waals surface area contributed by atoms with Gasteiger partial charge in [0.25, 0.3) is 0 Å². The van der Waals surface area contributed by atoms with E-state index in [2.05, 4.69) is 11.7 Å². The quantitative estimate of drug-likeness (QED) is 0.306. The van der Waals surface area contributed by atoms with Crippen molar-refractivity contribution in [3.63, 3.8) is 0 Å². The Morgan fingerprint density at radius 3 is 2.09 bits per heavy atom. The topological polar surface area (TPSA) is 18.5 Å². The van der Waals surface area contributed by atoms with Gasteiger partial charge in [-0.3, -0.25) is 0 Å². The Morgan fingerprint density at radius 1 is 0.912 bits per heavy atom. The monoisotopic (exact) mass is 472 g/mol. The van der Waals surface area contributed by atoms with Crippen molar-refractivity contribution >= 4 is 0 Å². The molecule has 1 aliphatic rings. The summed E-state index contributed by atoms with van der Waals surface area (Å²) in [7, 11) is 0. The Hall–Kier alpha value is -2.86. The van der Waals surface area contributed by atoms with E-state index in [9.17, 15) is 17.6 Å². The summed E-state index contributed by atoms with van der Waals surface area (Å²) in [4.78, 5) is 0. The lowest BCUT2D eigenvalue weighted by molar-refractivity contribution is -0.185. The number of hydrogen-bond acceptors (Lipinski definition) is 2. The Morgan fingerprint density at radius 2 is 1.50 bits per heavy atom. The highest BCUT2D eigenvalue weighted by molar-refractivity contribution is 5.64. The van der Waals surface area contributed by atoms with Crippen molar-refractivity contribution in [1.82, 2.24) is 0 Å². The van der Waals surface area contributed by atoms with Gasteiger partial charge in [-0.1, -0.05) is 56.2 Å². The van der Waals surface area contributed by atoms with E-state index in [0.29, 0.717) is 6.10 Å². The lowest BCUT2D eigenvalue weighted by atomic mass is 9.99. The van der Waals surface area contributed by atoms with Gasteiger partial charge < -0.3 is 9.47 Å². The summed E-state index contributed by atoms with van der Waals surface area (Å²) < 4.78 is 67.4. The number of alkyl halides is 2. The summed E-state index contributed by atoms with van der Waals surface area (Å²) in [5.41, 5.74) is 2.12. The molecule has 1 fully saturated rings. The highest BCUT2D eigenvalue weighted by Crippen LogP contribution is 2.37. The predicted molar refractivity (Wildman–Crippen MR) is 124 cm³/mol. The number of halogens is 4. The average molecular weight is 473 g/mol. The molecule has 4 rings (SSSR count). The number of ether oxygens (including phenoxy) is 2. The third kappa shape index (κ3) is 5.44. The van der Waals surface area contributed by atoms with Gasteiger partial charge in [0, 0.05) is 17.7 Å². The van der Waals surface area contributed by atoms with E-state index in [1.165, 1.54) is 31.9 Å². The first-order chi connectivity index (χ1) is 16.3. The van der Waals surface area contributed by atoms with Crippen molar-refractivity contribution in [1.29, 1.82) is 0 Å². The maximum Gasteiger partial charge on any atom is 0.426 e. The van der Waals surface area contributed by atoms with Gasteiger partial charge in [-0.05, 0) is 55.0 Å². The maximum absolute atomic E-state index is 14.6. The first kappa shape index (κ1) is 24.3. The highest BCUT2D eigenvalue weighted by atomic mass is 19.3. The first-order valence-electron chi connectivity index (χ1n) is 11.7. The Kier molecular flexibility index (Phi) is 7.27. The molecular weight excluding hydrogens is 444 g/mol. The average Bonchev–Trinajstić information content (AvgIpc) is 3.30. The van der Waals surface area contributed by atoms with Crippen LogP contribution in [0.25, 0.3) is 11.1 Å². The molecule has 1 saturated heterocycles. The molecule has 34 heavy (non-hydrogen) atoms. The molecular formula is C28H28F4O2. The van der Waals surface area contributed by atoms with E-state index in [1.54, 1.807) is 12.1 Å². The third-order valence-electron chi connectivity index (χ3n) is 6.32. The Bertz CT molecular complexity index is 1090. The van der Waals surface area contributed by atoms with E-state index in [0.717, 1.165) is 48.1 Å². The highest BCUT2D eigenvalue weighted by Gasteiger charge is 2.35. The first-order valence-corrected chi connectivity index (χ1v) is 11.7. The predicted octanol–water partition coefficient (Wildman–Crippen LogP) is 8.48. The van der Waals surface area contributed by atoms with Crippen molar-refractivity contribution in [3.05, 3.63) is 89.0 Å². The van der Waals surface area contributed by atoms with Crippen LogP contribution in [0.5, 0.6) is 5.75 Å². The second kappa shape index (κ2) is 10.2. The van der Waals surface area contributed by atoms with Gasteiger partial charge in [0.1, 0.15) is 17.4 Å². The van der Waals surface area contributed by atoms with E-state index in [4.69, 9.17) is 4.74 Å². The minimum absolute atomic E-state index is 0.102. The standard InChI is InChI=1S/C28H28F4O2/c1-3-4-5-23-14-15-27(33-23)21-8-6-19(7-9-21)20-10-12-22(13-11-20)28(31,32)34-24-16-25(29)18(2)26(30)17-24/h6-13,16-17,23,27H,3-5,14-15H2,1-2H3. The molecule has 0 aliphatic carbocycles. The van der Waals surface area contributed by atoms with Crippen molar-refractivity contribution in [2.45, 2.75) is 64.3 Å². The van der Waals surface area contributed by atoms with Gasteiger partial charge in [0.2, 0.25) is 0 Å². The second-order valence-electron chi connectivity index (χ2n) is 8.80. The summed E-state index contributed by atoms with van der Waals surface area (Å²) in [5, 5.41) is 0. The molecule has 0 N–H and O–H groups in total. The van der Waals surface area contributed by atoms with Crippen LogP contribution in [0.1, 0.15) is 61.8 Å². The van der Waals surface area contributed by atoms with Crippen LogP contribution < -0.4 is 4.74 Å². The van der Waals surface area contributed by atoms with Crippen LogP contribution in [-0.2, 0) is 10.8 Å². The van der Waals surface area contributed by atoms with Gasteiger partial charge in [-0.25, -0.2) is 8.78 Å². The van der Waals surface area contributed by atoms with E-state index >= 15 is 0 Å². The zero-order valence-electron chi connectivity index (χ0n) is 19.3. The van der Waals surface area contributed by atoms with Gasteiger partial charge in [0.15, 0.2) is 0 Å². The van der Waals surface area contributed by atoms with Gasteiger partial charge >= 0.3 is 6.11 Å². The summed E-state index contributed by atoms with van der Waals surface area (Å²) in [6, 6.07) is 15.1. The zero-order valence-corrected chi connectivity index (χ0v) is 19.3. The molecule has 2 nitrogen and oxygen atoms in total. The molecule has 3 aromatic carbocycles. The summed E-state index contributed by atoms with van der Waals surface area (Å²) in [5.74, 6) is -2.45. The number of hydrogen-bond donors (Lipinski definition) is 0. The molecule has 6 heteroatoms. The molecule has 2 atom stereocenters. The fourth-order valence-electron chi connectivity index (χ4n) is 4.23. The van der Waals surface area contributed by atoms with Crippen molar-refractivity contribution in [2.75, 3.05) is 0 Å². The van der Waals surface area contributed by atoms with Crippen LogP contribution in [0.2, 0.25) is 0 Å². The van der Waals surface area contributed by atoms with Crippen LogP contribution in [0.15, 0.2) is 60.7 Å². The van der Waals surface area contributed by atoms with Crippen LogP contribution in [0.4, 0.5) is 17.6 Å². The molecule has 0 saturated carbocycles. The minimum atomic E-state index is -3.75. The van der Waals surface area contributed by atoms with Crippen molar-refractivity contribution in [3.8, 4) is 16.9 Å². The van der Waals surface area contributed by atoms with Gasteiger partial charge in [0.05, 0.1) is 17.8 Å². The van der Waals surface area contributed by atoms with Crippen LogP contribution in [0, 0.1) is 18.6 Å². The fraction of sp³-hybridized carbons (Fsp3) is 0.357. The Labute approximate surface area is 197 Å². The molecule has 0 aromatic heterocycles. The van der Waals surface area contributed by atoms with Gasteiger partial charge in [-0.2, -0.15) is 8.78 Å². The summed E-state index contributed by atoms with van der Waals surface area (Å²) in [6.45, 7) is 3.40. The molecule has 1 aliphatic heterocycles. The van der Waals surface area contributed by atoms with Crippen molar-refractivity contribution < 1.29 is 27.0 Å². The van der Waals surface area contributed by atoms with Crippen LogP contribution in [0.3, 0.4) is 0 Å². The minimum Gasteiger partial charge on any atom is -0.429 e. The number of rotatable bonds is 8. The molecule has 0 amide bonds. The van der Waals surface area contributed by atoms with E-state index < -0.39 is 29.1 Å². The summed E-state index contributed by atoms with van der Waals surface area (Å²) >= 11 is 0. The molecule has 0 bridgehead atoms. The maximum atomic E-state index is 14.6. The number of unbranched alkanes of at least 4 members (excludes halogenated alkanes) is 1.